The van der Waals surface area contributed by atoms with Crippen molar-refractivity contribution in [3.05, 3.63) is 106 Å². The van der Waals surface area contributed by atoms with Crippen LogP contribution in [0.25, 0.3) is 11.3 Å². The minimum Gasteiger partial charge on any atom is -0.396 e. The molecule has 5 rings (SSSR count). The molecule has 4 nitrogen and oxygen atoms in total. The number of hydrogen-bond acceptors (Lipinski definition) is 4. The lowest BCUT2D eigenvalue weighted by atomic mass is 9.78. The van der Waals surface area contributed by atoms with Gasteiger partial charge in [-0.1, -0.05) is 60.1 Å². The van der Waals surface area contributed by atoms with Crippen LogP contribution in [-0.4, -0.2) is 21.7 Å². The summed E-state index contributed by atoms with van der Waals surface area (Å²) in [5.41, 5.74) is 7.81. The van der Waals surface area contributed by atoms with Crippen LogP contribution in [0.3, 0.4) is 0 Å². The molecule has 2 N–H and O–H groups in total. The number of benzene rings is 3. The highest BCUT2D eigenvalue weighted by atomic mass is 35.5. The van der Waals surface area contributed by atoms with Gasteiger partial charge < -0.3 is 10.4 Å². The molecular weight excluding hydrogens is 406 g/mol. The Labute approximate surface area is 186 Å². The minimum absolute atomic E-state index is 0.150. The van der Waals surface area contributed by atoms with Gasteiger partial charge in [-0.25, -0.2) is 9.97 Å². The van der Waals surface area contributed by atoms with Crippen molar-refractivity contribution in [2.45, 2.75) is 18.8 Å². The van der Waals surface area contributed by atoms with Crippen molar-refractivity contribution in [3.63, 3.8) is 0 Å². The minimum atomic E-state index is 0.150. The monoisotopic (exact) mass is 427 g/mol. The second kappa shape index (κ2) is 8.50. The van der Waals surface area contributed by atoms with Gasteiger partial charge >= 0.3 is 0 Å². The highest BCUT2D eigenvalue weighted by Gasteiger charge is 2.27. The van der Waals surface area contributed by atoms with Gasteiger partial charge in [0, 0.05) is 35.0 Å². The Bertz CT molecular complexity index is 1210. The Kier molecular flexibility index (Phi) is 5.41. The predicted molar refractivity (Wildman–Crippen MR) is 125 cm³/mol. The van der Waals surface area contributed by atoms with E-state index < -0.39 is 0 Å². The Morgan fingerprint density at radius 1 is 0.968 bits per heavy atom. The lowest BCUT2D eigenvalue weighted by Crippen LogP contribution is -2.15. The molecule has 5 heteroatoms. The van der Waals surface area contributed by atoms with E-state index in [0.717, 1.165) is 39.5 Å². The van der Waals surface area contributed by atoms with Gasteiger partial charge in [0.15, 0.2) is 0 Å². The van der Waals surface area contributed by atoms with Crippen LogP contribution in [0.4, 0.5) is 11.6 Å². The zero-order chi connectivity index (χ0) is 21.2. The number of aliphatic hydroxyl groups is 1. The Hall–Kier alpha value is -3.21. The zero-order valence-corrected chi connectivity index (χ0v) is 17.7. The largest absolute Gasteiger partial charge is 0.396 e. The van der Waals surface area contributed by atoms with Crippen molar-refractivity contribution in [2.24, 2.45) is 0 Å². The number of hydrogen-bond donors (Lipinski definition) is 2. The summed E-state index contributed by atoms with van der Waals surface area (Å²) in [5, 5.41) is 13.1. The summed E-state index contributed by atoms with van der Waals surface area (Å²) >= 11 is 6.10. The summed E-state index contributed by atoms with van der Waals surface area (Å²) in [5.74, 6) is 0.829. The van der Waals surface area contributed by atoms with Gasteiger partial charge in [0.25, 0.3) is 0 Å². The molecule has 31 heavy (non-hydrogen) atoms. The fraction of sp³-hybridized carbons (Fsp3) is 0.154. The van der Waals surface area contributed by atoms with E-state index in [4.69, 9.17) is 21.7 Å². The van der Waals surface area contributed by atoms with Crippen molar-refractivity contribution in [3.8, 4) is 11.3 Å². The number of nitrogens with zero attached hydrogens (tertiary/aromatic N) is 2. The number of anilines is 2. The molecule has 3 aromatic carbocycles. The van der Waals surface area contributed by atoms with Crippen LogP contribution in [0.1, 0.15) is 28.2 Å². The molecule has 0 aliphatic heterocycles. The third-order valence-electron chi connectivity index (χ3n) is 5.76. The highest BCUT2D eigenvalue weighted by Crippen LogP contribution is 2.42. The second-order valence-electron chi connectivity index (χ2n) is 7.76. The van der Waals surface area contributed by atoms with Gasteiger partial charge in [0.05, 0.1) is 5.69 Å². The van der Waals surface area contributed by atoms with Gasteiger partial charge in [-0.05, 0) is 59.4 Å². The standard InChI is InChI=1S/C26H22ClN3O/c27-20-9-7-18(8-10-20)24-15-19-16-28-26(29-21-11-5-17(6-12-21)13-14-31)30-25(19)23-4-2-1-3-22(23)24/h1-12,16,24,31H,13-15H2,(H,28,29,30). The van der Waals surface area contributed by atoms with Crippen molar-refractivity contribution in [2.75, 3.05) is 11.9 Å². The summed E-state index contributed by atoms with van der Waals surface area (Å²) in [6.07, 6.45) is 3.44. The molecule has 0 amide bonds. The molecule has 1 unspecified atom stereocenters. The van der Waals surface area contributed by atoms with Crippen molar-refractivity contribution < 1.29 is 5.11 Å². The lowest BCUT2D eigenvalue weighted by molar-refractivity contribution is 0.299. The third kappa shape index (κ3) is 4.05. The smallest absolute Gasteiger partial charge is 0.227 e. The molecule has 4 aromatic rings. The van der Waals surface area contributed by atoms with Gasteiger partial charge in [-0.3, -0.25) is 0 Å². The average molecular weight is 428 g/mol. The molecule has 0 bridgehead atoms. The number of aliphatic hydroxyl groups excluding tert-OH is 1. The van der Waals surface area contributed by atoms with Gasteiger partial charge in [-0.2, -0.15) is 0 Å². The van der Waals surface area contributed by atoms with Crippen molar-refractivity contribution in [1.82, 2.24) is 9.97 Å². The van der Waals surface area contributed by atoms with Crippen LogP contribution < -0.4 is 5.32 Å². The molecule has 0 spiro atoms. The molecule has 0 fully saturated rings. The molecule has 154 valence electrons. The number of aromatic nitrogens is 2. The van der Waals surface area contributed by atoms with Crippen LogP contribution >= 0.6 is 11.6 Å². The first-order chi connectivity index (χ1) is 15.2. The molecular formula is C26H22ClN3O. The van der Waals surface area contributed by atoms with E-state index in [2.05, 4.69) is 46.7 Å². The average Bonchev–Trinajstić information content (AvgIpc) is 2.81. The van der Waals surface area contributed by atoms with E-state index in [1.165, 1.54) is 11.1 Å². The van der Waals surface area contributed by atoms with E-state index in [1.807, 2.05) is 42.6 Å². The molecule has 1 aromatic heterocycles. The molecule has 1 atom stereocenters. The number of halogens is 1. The predicted octanol–water partition coefficient (Wildman–Crippen LogP) is 5.76. The third-order valence-corrected chi connectivity index (χ3v) is 6.01. The van der Waals surface area contributed by atoms with E-state index in [0.29, 0.717) is 12.4 Å². The molecule has 1 aliphatic carbocycles. The van der Waals surface area contributed by atoms with Crippen LogP contribution in [0, 0.1) is 0 Å². The van der Waals surface area contributed by atoms with Gasteiger partial charge in [-0.15, -0.1) is 0 Å². The summed E-state index contributed by atoms with van der Waals surface area (Å²) < 4.78 is 0. The topological polar surface area (TPSA) is 58.0 Å². The second-order valence-corrected chi connectivity index (χ2v) is 8.19. The zero-order valence-electron chi connectivity index (χ0n) is 16.9. The maximum Gasteiger partial charge on any atom is 0.227 e. The Balaban J connectivity index is 1.47. The summed E-state index contributed by atoms with van der Waals surface area (Å²) in [6.45, 7) is 0.150. The first-order valence-corrected chi connectivity index (χ1v) is 10.8. The Morgan fingerprint density at radius 3 is 2.52 bits per heavy atom. The Morgan fingerprint density at radius 2 is 1.74 bits per heavy atom. The van der Waals surface area contributed by atoms with Crippen molar-refractivity contribution >= 4 is 23.2 Å². The fourth-order valence-corrected chi connectivity index (χ4v) is 4.33. The summed E-state index contributed by atoms with van der Waals surface area (Å²) in [4.78, 5) is 9.45. The molecule has 0 saturated heterocycles. The first-order valence-electron chi connectivity index (χ1n) is 10.4. The van der Waals surface area contributed by atoms with E-state index in [1.54, 1.807) is 0 Å². The highest BCUT2D eigenvalue weighted by molar-refractivity contribution is 6.30. The van der Waals surface area contributed by atoms with Gasteiger partial charge in [0.1, 0.15) is 0 Å². The normalized spacial score (nSPS) is 14.6. The van der Waals surface area contributed by atoms with Crippen molar-refractivity contribution in [1.29, 1.82) is 0 Å². The molecule has 0 saturated carbocycles. The number of nitrogens with one attached hydrogen (secondary N) is 1. The number of rotatable bonds is 5. The SMILES string of the molecule is OCCc1ccc(Nc2ncc3c(n2)-c2ccccc2C(c2ccc(Cl)cc2)C3)cc1. The molecule has 1 aliphatic rings. The molecule has 0 radical (unpaired) electrons. The summed E-state index contributed by atoms with van der Waals surface area (Å²) in [7, 11) is 0. The van der Waals surface area contributed by atoms with E-state index >= 15 is 0 Å². The maximum atomic E-state index is 9.08. The van der Waals surface area contributed by atoms with Crippen LogP contribution in [0.5, 0.6) is 0 Å². The van der Waals surface area contributed by atoms with Crippen LogP contribution in [-0.2, 0) is 12.8 Å². The quantitative estimate of drug-likeness (QED) is 0.425. The number of fused-ring (bicyclic) bond motifs is 3. The summed E-state index contributed by atoms with van der Waals surface area (Å²) in [6, 6.07) is 24.5. The fourth-order valence-electron chi connectivity index (χ4n) is 4.20. The molecule has 1 heterocycles. The van der Waals surface area contributed by atoms with Crippen LogP contribution in [0.15, 0.2) is 79.0 Å². The van der Waals surface area contributed by atoms with E-state index in [-0.39, 0.29) is 12.5 Å². The van der Waals surface area contributed by atoms with Gasteiger partial charge in [0.2, 0.25) is 5.95 Å². The lowest BCUT2D eigenvalue weighted by Gasteiger charge is -2.27. The van der Waals surface area contributed by atoms with E-state index in [9.17, 15) is 0 Å². The van der Waals surface area contributed by atoms with Crippen LogP contribution in [0.2, 0.25) is 5.02 Å². The first kappa shape index (κ1) is 19.7. The maximum absolute atomic E-state index is 9.08.